The molecule has 0 unspecified atom stereocenters. The minimum atomic E-state index is -0.312. The zero-order valence-corrected chi connectivity index (χ0v) is 10.1. The van der Waals surface area contributed by atoms with Crippen LogP contribution in [-0.2, 0) is 4.79 Å². The molecule has 0 aliphatic carbocycles. The molecule has 0 fully saturated rings. The molecular weight excluding hydrogens is 247 g/mol. The summed E-state index contributed by atoms with van der Waals surface area (Å²) in [5.74, 6) is 0.133. The number of benzene rings is 1. The van der Waals surface area contributed by atoms with E-state index in [0.29, 0.717) is 18.8 Å². The first-order valence-electron chi connectivity index (χ1n) is 5.07. The van der Waals surface area contributed by atoms with Gasteiger partial charge in [-0.3, -0.25) is 4.79 Å². The number of nitrogens with one attached hydrogen (secondary N) is 1. The van der Waals surface area contributed by atoms with Gasteiger partial charge in [-0.1, -0.05) is 0 Å². The van der Waals surface area contributed by atoms with Crippen molar-refractivity contribution in [3.8, 4) is 5.75 Å². The van der Waals surface area contributed by atoms with Gasteiger partial charge in [0.05, 0.1) is 13.0 Å². The molecule has 6 heteroatoms. The largest absolute Gasteiger partial charge is 0.493 e. The van der Waals surface area contributed by atoms with Gasteiger partial charge in [0.15, 0.2) is 0 Å². The summed E-state index contributed by atoms with van der Waals surface area (Å²) in [6.45, 7) is 1.15. The van der Waals surface area contributed by atoms with Crippen molar-refractivity contribution in [1.82, 2.24) is 5.32 Å². The monoisotopic (exact) mass is 262 g/mol. The van der Waals surface area contributed by atoms with Gasteiger partial charge < -0.3 is 15.8 Å². The third-order valence-corrected chi connectivity index (χ3v) is 1.88. The maximum Gasteiger partial charge on any atom is 0.223 e. The summed E-state index contributed by atoms with van der Waals surface area (Å²) in [5, 5.41) is 2.62. The van der Waals surface area contributed by atoms with E-state index in [9.17, 15) is 9.18 Å². The molecule has 1 rings (SSSR count). The van der Waals surface area contributed by atoms with Crippen LogP contribution in [0.3, 0.4) is 0 Å². The second-order valence-electron chi connectivity index (χ2n) is 3.19. The average molecular weight is 263 g/mol. The van der Waals surface area contributed by atoms with Crippen LogP contribution in [0.5, 0.6) is 5.75 Å². The molecule has 4 nitrogen and oxygen atoms in total. The Morgan fingerprint density at radius 2 is 2.00 bits per heavy atom. The first-order valence-corrected chi connectivity index (χ1v) is 5.07. The van der Waals surface area contributed by atoms with Crippen molar-refractivity contribution in [2.75, 3.05) is 19.7 Å². The minimum absolute atomic E-state index is 0. The Hall–Kier alpha value is -1.33. The Morgan fingerprint density at radius 3 is 2.59 bits per heavy atom. The first-order chi connectivity index (χ1) is 7.72. The molecule has 1 amide bonds. The molecule has 0 aromatic heterocycles. The van der Waals surface area contributed by atoms with Crippen LogP contribution in [0, 0.1) is 5.82 Å². The number of hydrogen-bond donors (Lipinski definition) is 2. The van der Waals surface area contributed by atoms with Crippen molar-refractivity contribution in [2.45, 2.75) is 6.42 Å². The van der Waals surface area contributed by atoms with Crippen LogP contribution in [0.4, 0.5) is 4.39 Å². The molecule has 0 heterocycles. The zero-order chi connectivity index (χ0) is 11.8. The SMILES string of the molecule is Cl.NCCNC(=O)CCOc1ccc(F)cc1. The number of rotatable bonds is 6. The van der Waals surface area contributed by atoms with Crippen molar-refractivity contribution >= 4 is 18.3 Å². The lowest BCUT2D eigenvalue weighted by molar-refractivity contribution is -0.121. The Balaban J connectivity index is 0.00000256. The standard InChI is InChI=1S/C11H15FN2O2.ClH/c12-9-1-3-10(4-2-9)16-8-5-11(15)14-7-6-13;/h1-4H,5-8,13H2,(H,14,15);1H. The smallest absolute Gasteiger partial charge is 0.223 e. The van der Waals surface area contributed by atoms with Gasteiger partial charge in [0.2, 0.25) is 5.91 Å². The second-order valence-corrected chi connectivity index (χ2v) is 3.19. The Morgan fingerprint density at radius 1 is 1.35 bits per heavy atom. The maximum atomic E-state index is 12.5. The quantitative estimate of drug-likeness (QED) is 0.807. The summed E-state index contributed by atoms with van der Waals surface area (Å²) in [7, 11) is 0. The third kappa shape index (κ3) is 6.76. The highest BCUT2D eigenvalue weighted by molar-refractivity contribution is 5.85. The summed E-state index contributed by atoms with van der Waals surface area (Å²) in [4.78, 5) is 11.1. The van der Waals surface area contributed by atoms with Crippen molar-refractivity contribution in [1.29, 1.82) is 0 Å². The van der Waals surface area contributed by atoms with Gasteiger partial charge in [0.1, 0.15) is 11.6 Å². The van der Waals surface area contributed by atoms with Crippen molar-refractivity contribution in [3.63, 3.8) is 0 Å². The number of carbonyl (C=O) groups excluding carboxylic acids is 1. The molecule has 1 aromatic carbocycles. The molecule has 1 aromatic rings. The highest BCUT2D eigenvalue weighted by Crippen LogP contribution is 2.10. The molecule has 0 saturated heterocycles. The molecule has 0 saturated carbocycles. The summed E-state index contributed by atoms with van der Waals surface area (Å²) in [5.41, 5.74) is 5.23. The number of carbonyl (C=O) groups is 1. The van der Waals surface area contributed by atoms with Crippen molar-refractivity contribution in [3.05, 3.63) is 30.1 Å². The normalized spacial score (nSPS) is 9.29. The highest BCUT2D eigenvalue weighted by atomic mass is 35.5. The van der Waals surface area contributed by atoms with Gasteiger partial charge in [-0.15, -0.1) is 12.4 Å². The lowest BCUT2D eigenvalue weighted by atomic mass is 10.3. The number of nitrogens with two attached hydrogens (primary N) is 1. The van der Waals surface area contributed by atoms with E-state index in [4.69, 9.17) is 10.5 Å². The number of amides is 1. The lowest BCUT2D eigenvalue weighted by Crippen LogP contribution is -2.29. The Bertz CT molecular complexity index is 333. The van der Waals surface area contributed by atoms with E-state index >= 15 is 0 Å². The Kier molecular flexibility index (Phi) is 8.09. The van der Waals surface area contributed by atoms with Gasteiger partial charge >= 0.3 is 0 Å². The zero-order valence-electron chi connectivity index (χ0n) is 9.32. The van der Waals surface area contributed by atoms with Crippen LogP contribution in [0.2, 0.25) is 0 Å². The Labute approximate surface area is 106 Å². The fraction of sp³-hybridized carbons (Fsp3) is 0.364. The van der Waals surface area contributed by atoms with Gasteiger partial charge in [0, 0.05) is 13.1 Å². The van der Waals surface area contributed by atoms with Crippen LogP contribution in [0.15, 0.2) is 24.3 Å². The van der Waals surface area contributed by atoms with E-state index in [2.05, 4.69) is 5.32 Å². The fourth-order valence-electron chi connectivity index (χ4n) is 1.09. The summed E-state index contributed by atoms with van der Waals surface area (Å²) in [6.07, 6.45) is 0.261. The predicted octanol–water partition coefficient (Wildman–Crippen LogP) is 1.09. The lowest BCUT2D eigenvalue weighted by Gasteiger charge is -2.06. The van der Waals surface area contributed by atoms with Crippen LogP contribution in [0.25, 0.3) is 0 Å². The van der Waals surface area contributed by atoms with Crippen LogP contribution in [0.1, 0.15) is 6.42 Å². The number of ether oxygens (including phenoxy) is 1. The topological polar surface area (TPSA) is 64.3 Å². The van der Waals surface area contributed by atoms with E-state index in [0.717, 1.165) is 0 Å². The summed E-state index contributed by atoms with van der Waals surface area (Å²) < 4.78 is 17.8. The average Bonchev–Trinajstić information content (AvgIpc) is 2.29. The van der Waals surface area contributed by atoms with E-state index in [-0.39, 0.29) is 37.2 Å². The predicted molar refractivity (Wildman–Crippen MR) is 65.8 cm³/mol. The van der Waals surface area contributed by atoms with Crippen LogP contribution in [-0.4, -0.2) is 25.6 Å². The van der Waals surface area contributed by atoms with Gasteiger partial charge in [-0.2, -0.15) is 0 Å². The molecule has 0 bridgehead atoms. The van der Waals surface area contributed by atoms with Crippen LogP contribution >= 0.6 is 12.4 Å². The summed E-state index contributed by atoms with van der Waals surface area (Å²) in [6, 6.07) is 5.66. The number of halogens is 2. The van der Waals surface area contributed by atoms with Crippen LogP contribution < -0.4 is 15.8 Å². The molecule has 0 atom stereocenters. The molecule has 0 spiro atoms. The molecule has 17 heavy (non-hydrogen) atoms. The second kappa shape index (κ2) is 8.78. The van der Waals surface area contributed by atoms with E-state index in [1.165, 1.54) is 24.3 Å². The van der Waals surface area contributed by atoms with Gasteiger partial charge in [-0.25, -0.2) is 4.39 Å². The summed E-state index contributed by atoms with van der Waals surface area (Å²) >= 11 is 0. The molecule has 0 radical (unpaired) electrons. The fourth-order valence-corrected chi connectivity index (χ4v) is 1.09. The molecule has 96 valence electrons. The minimum Gasteiger partial charge on any atom is -0.493 e. The molecular formula is C11H16ClFN2O2. The highest BCUT2D eigenvalue weighted by Gasteiger charge is 2.00. The van der Waals surface area contributed by atoms with E-state index in [1.807, 2.05) is 0 Å². The molecule has 0 aliphatic heterocycles. The molecule has 3 N–H and O–H groups in total. The number of hydrogen-bond acceptors (Lipinski definition) is 3. The van der Waals surface area contributed by atoms with Gasteiger partial charge in [0.25, 0.3) is 0 Å². The van der Waals surface area contributed by atoms with E-state index < -0.39 is 0 Å². The van der Waals surface area contributed by atoms with Gasteiger partial charge in [-0.05, 0) is 24.3 Å². The van der Waals surface area contributed by atoms with Crippen molar-refractivity contribution < 1.29 is 13.9 Å². The third-order valence-electron chi connectivity index (χ3n) is 1.88. The van der Waals surface area contributed by atoms with E-state index in [1.54, 1.807) is 0 Å². The van der Waals surface area contributed by atoms with Crippen molar-refractivity contribution in [2.24, 2.45) is 5.73 Å². The maximum absolute atomic E-state index is 12.5. The molecule has 0 aliphatic rings. The first kappa shape index (κ1) is 15.7.